The van der Waals surface area contributed by atoms with Crippen molar-refractivity contribution in [2.75, 3.05) is 11.5 Å². The summed E-state index contributed by atoms with van der Waals surface area (Å²) in [5.41, 5.74) is 7.15. The standard InChI is InChI=1S/C19H20ClNO3S/c20-18-10-8-16(9-11-18)17(13-15-5-2-1-3-6-15)7-4-12-25(23,24)14-19(21)22/h1-11,17H,12-14H2,(H2,21,22). The summed E-state index contributed by atoms with van der Waals surface area (Å²) < 4.78 is 23.6. The van der Waals surface area contributed by atoms with Crippen molar-refractivity contribution in [3.63, 3.8) is 0 Å². The van der Waals surface area contributed by atoms with Crippen LogP contribution < -0.4 is 5.73 Å². The van der Waals surface area contributed by atoms with Gasteiger partial charge in [0.2, 0.25) is 5.91 Å². The highest BCUT2D eigenvalue weighted by Gasteiger charge is 2.14. The van der Waals surface area contributed by atoms with Gasteiger partial charge in [0.25, 0.3) is 0 Å². The molecule has 6 heteroatoms. The first-order chi connectivity index (χ1) is 11.9. The molecule has 0 aliphatic rings. The third-order valence-corrected chi connectivity index (χ3v) is 5.35. The molecule has 0 spiro atoms. The highest BCUT2D eigenvalue weighted by Crippen LogP contribution is 2.24. The van der Waals surface area contributed by atoms with Crippen molar-refractivity contribution in [2.45, 2.75) is 12.3 Å². The number of halogens is 1. The van der Waals surface area contributed by atoms with E-state index in [9.17, 15) is 13.2 Å². The van der Waals surface area contributed by atoms with Crippen molar-refractivity contribution in [1.29, 1.82) is 0 Å². The largest absolute Gasteiger partial charge is 0.369 e. The summed E-state index contributed by atoms with van der Waals surface area (Å²) in [7, 11) is -3.52. The van der Waals surface area contributed by atoms with Crippen LogP contribution in [-0.2, 0) is 21.1 Å². The van der Waals surface area contributed by atoms with E-state index in [4.69, 9.17) is 17.3 Å². The summed E-state index contributed by atoms with van der Waals surface area (Å²) in [5, 5.41) is 0.648. The van der Waals surface area contributed by atoms with E-state index in [1.165, 1.54) is 0 Å². The molecular formula is C19H20ClNO3S. The molecule has 25 heavy (non-hydrogen) atoms. The van der Waals surface area contributed by atoms with Crippen LogP contribution in [0.1, 0.15) is 17.0 Å². The SMILES string of the molecule is NC(=O)CS(=O)(=O)CC=CC(Cc1ccccc1)c1ccc(Cl)cc1. The smallest absolute Gasteiger partial charge is 0.232 e. The molecule has 2 aromatic carbocycles. The lowest BCUT2D eigenvalue weighted by Crippen LogP contribution is -2.24. The molecule has 0 heterocycles. The fourth-order valence-electron chi connectivity index (χ4n) is 2.52. The molecule has 0 bridgehead atoms. The first kappa shape index (κ1) is 19.2. The van der Waals surface area contributed by atoms with Crippen molar-refractivity contribution in [3.8, 4) is 0 Å². The van der Waals surface area contributed by atoms with Gasteiger partial charge in [-0.2, -0.15) is 0 Å². The zero-order chi connectivity index (χ0) is 18.3. The van der Waals surface area contributed by atoms with E-state index in [2.05, 4.69) is 0 Å². The Hall–Kier alpha value is -2.11. The Balaban J connectivity index is 2.18. The molecule has 1 unspecified atom stereocenters. The number of hydrogen-bond donors (Lipinski definition) is 1. The van der Waals surface area contributed by atoms with Gasteiger partial charge in [-0.1, -0.05) is 66.2 Å². The molecule has 4 nitrogen and oxygen atoms in total. The van der Waals surface area contributed by atoms with E-state index in [1.807, 2.05) is 60.7 Å². The van der Waals surface area contributed by atoms with E-state index in [0.29, 0.717) is 5.02 Å². The second-order valence-corrected chi connectivity index (χ2v) is 8.34. The van der Waals surface area contributed by atoms with Crippen molar-refractivity contribution in [2.24, 2.45) is 5.73 Å². The van der Waals surface area contributed by atoms with Gasteiger partial charge in [-0.15, -0.1) is 0 Å². The summed E-state index contributed by atoms with van der Waals surface area (Å²) in [6, 6.07) is 17.4. The molecule has 132 valence electrons. The maximum atomic E-state index is 11.8. The second kappa shape index (κ2) is 8.83. The first-order valence-electron chi connectivity index (χ1n) is 7.80. The number of sulfone groups is 1. The molecule has 0 radical (unpaired) electrons. The summed E-state index contributed by atoms with van der Waals surface area (Å²) in [6.45, 7) is 0. The Morgan fingerprint density at radius 1 is 1.08 bits per heavy atom. The van der Waals surface area contributed by atoms with Gasteiger partial charge in [-0.3, -0.25) is 4.79 Å². The van der Waals surface area contributed by atoms with Gasteiger partial charge < -0.3 is 5.73 Å². The number of carbonyl (C=O) groups excluding carboxylic acids is 1. The number of allylic oxidation sites excluding steroid dienone is 1. The second-order valence-electron chi connectivity index (χ2n) is 5.80. The van der Waals surface area contributed by atoms with Crippen LogP contribution in [0.5, 0.6) is 0 Å². The van der Waals surface area contributed by atoms with Gasteiger partial charge in [-0.25, -0.2) is 8.42 Å². The van der Waals surface area contributed by atoms with Crippen LogP contribution in [0.3, 0.4) is 0 Å². The van der Waals surface area contributed by atoms with Crippen molar-refractivity contribution >= 4 is 27.3 Å². The zero-order valence-electron chi connectivity index (χ0n) is 13.6. The molecule has 2 N–H and O–H groups in total. The summed E-state index contributed by atoms with van der Waals surface area (Å²) in [4.78, 5) is 10.8. The van der Waals surface area contributed by atoms with E-state index < -0.39 is 21.5 Å². The van der Waals surface area contributed by atoms with Crippen LogP contribution in [0, 0.1) is 0 Å². The summed E-state index contributed by atoms with van der Waals surface area (Å²) in [6.07, 6.45) is 4.17. The molecule has 2 rings (SSSR count). The van der Waals surface area contributed by atoms with Crippen LogP contribution in [0.4, 0.5) is 0 Å². The topological polar surface area (TPSA) is 77.2 Å². The Labute approximate surface area is 153 Å². The van der Waals surface area contributed by atoms with E-state index in [-0.39, 0.29) is 11.7 Å². The third-order valence-electron chi connectivity index (χ3n) is 3.68. The monoisotopic (exact) mass is 377 g/mol. The predicted molar refractivity (Wildman–Crippen MR) is 101 cm³/mol. The molecule has 0 aliphatic carbocycles. The maximum Gasteiger partial charge on any atom is 0.232 e. The van der Waals surface area contributed by atoms with E-state index in [1.54, 1.807) is 6.08 Å². The first-order valence-corrected chi connectivity index (χ1v) is 10.0. The zero-order valence-corrected chi connectivity index (χ0v) is 15.2. The number of primary amides is 1. The van der Waals surface area contributed by atoms with Crippen LogP contribution in [-0.4, -0.2) is 25.8 Å². The number of rotatable bonds is 8. The predicted octanol–water partition coefficient (Wildman–Crippen LogP) is 3.12. The fourth-order valence-corrected chi connectivity index (χ4v) is 3.60. The quantitative estimate of drug-likeness (QED) is 0.718. The maximum absolute atomic E-state index is 11.8. The van der Waals surface area contributed by atoms with Gasteiger partial charge in [0.15, 0.2) is 9.84 Å². The minimum Gasteiger partial charge on any atom is -0.369 e. The highest BCUT2D eigenvalue weighted by atomic mass is 35.5. The number of amides is 1. The Bertz CT molecular complexity index is 831. The van der Waals surface area contributed by atoms with Crippen molar-refractivity contribution in [1.82, 2.24) is 0 Å². The highest BCUT2D eigenvalue weighted by molar-refractivity contribution is 7.92. The number of nitrogens with two attached hydrogens (primary N) is 1. The van der Waals surface area contributed by atoms with Gasteiger partial charge in [0.05, 0.1) is 5.75 Å². The van der Waals surface area contributed by atoms with Crippen LogP contribution >= 0.6 is 11.6 Å². The molecule has 0 saturated carbocycles. The average Bonchev–Trinajstić information content (AvgIpc) is 2.54. The van der Waals surface area contributed by atoms with Crippen LogP contribution in [0.25, 0.3) is 0 Å². The van der Waals surface area contributed by atoms with Crippen LogP contribution in [0.2, 0.25) is 5.02 Å². The molecule has 0 aromatic heterocycles. The Morgan fingerprint density at radius 3 is 2.32 bits per heavy atom. The normalized spacial score (nSPS) is 13.0. The van der Waals surface area contributed by atoms with E-state index in [0.717, 1.165) is 17.5 Å². The molecule has 1 atom stereocenters. The Kier molecular flexibility index (Phi) is 6.79. The third kappa shape index (κ3) is 6.72. The molecule has 2 aromatic rings. The van der Waals surface area contributed by atoms with Gasteiger partial charge in [0, 0.05) is 10.9 Å². The van der Waals surface area contributed by atoms with Gasteiger partial charge >= 0.3 is 0 Å². The van der Waals surface area contributed by atoms with Crippen LogP contribution in [0.15, 0.2) is 66.7 Å². The minimum absolute atomic E-state index is 0.00319. The minimum atomic E-state index is -3.52. The van der Waals surface area contributed by atoms with Gasteiger partial charge in [-0.05, 0) is 29.7 Å². The lowest BCUT2D eigenvalue weighted by molar-refractivity contribution is -0.115. The van der Waals surface area contributed by atoms with Gasteiger partial charge in [0.1, 0.15) is 5.75 Å². The van der Waals surface area contributed by atoms with Crippen molar-refractivity contribution in [3.05, 3.63) is 82.9 Å². The number of hydrogen-bond acceptors (Lipinski definition) is 3. The van der Waals surface area contributed by atoms with E-state index >= 15 is 0 Å². The summed E-state index contributed by atoms with van der Waals surface area (Å²) >= 11 is 5.95. The average molecular weight is 378 g/mol. The lowest BCUT2D eigenvalue weighted by Gasteiger charge is -2.14. The summed E-state index contributed by atoms with van der Waals surface area (Å²) in [5.74, 6) is -1.69. The molecule has 0 fully saturated rings. The number of carbonyl (C=O) groups is 1. The molecule has 1 amide bonds. The Morgan fingerprint density at radius 2 is 1.72 bits per heavy atom. The molecule has 0 aliphatic heterocycles. The number of benzene rings is 2. The fraction of sp³-hybridized carbons (Fsp3) is 0.211. The lowest BCUT2D eigenvalue weighted by atomic mass is 9.91. The molecule has 0 saturated heterocycles. The van der Waals surface area contributed by atoms with Crippen molar-refractivity contribution < 1.29 is 13.2 Å². The molecular weight excluding hydrogens is 358 g/mol.